The molecule has 7 nitrogen and oxygen atoms in total. The summed E-state index contributed by atoms with van der Waals surface area (Å²) < 4.78 is 8.44. The van der Waals surface area contributed by atoms with E-state index in [1.165, 1.54) is 25.7 Å². The van der Waals surface area contributed by atoms with Gasteiger partial charge in [-0.3, -0.25) is 4.99 Å². The predicted molar refractivity (Wildman–Crippen MR) is 117 cm³/mol. The highest BCUT2D eigenvalue weighted by molar-refractivity contribution is 5.79. The zero-order valence-corrected chi connectivity index (χ0v) is 18.8. The zero-order valence-electron chi connectivity index (χ0n) is 18.8. The highest BCUT2D eigenvalue weighted by Crippen LogP contribution is 2.34. The van der Waals surface area contributed by atoms with E-state index in [0.29, 0.717) is 5.92 Å². The van der Waals surface area contributed by atoms with Gasteiger partial charge in [-0.1, -0.05) is 27.2 Å². The molecule has 0 spiro atoms. The maximum absolute atomic E-state index is 6.11. The minimum atomic E-state index is 0.151. The lowest BCUT2D eigenvalue weighted by Crippen LogP contribution is -2.43. The molecular weight excluding hydrogens is 364 g/mol. The molecule has 0 amide bonds. The van der Waals surface area contributed by atoms with Crippen molar-refractivity contribution in [3.63, 3.8) is 0 Å². The Morgan fingerprint density at radius 1 is 1.17 bits per heavy atom. The maximum Gasteiger partial charge on any atom is 0.191 e. The molecule has 29 heavy (non-hydrogen) atoms. The summed E-state index contributed by atoms with van der Waals surface area (Å²) in [5.41, 5.74) is 0.151. The summed E-state index contributed by atoms with van der Waals surface area (Å²) in [6.45, 7) is 13.3. The van der Waals surface area contributed by atoms with Crippen molar-refractivity contribution in [2.75, 3.05) is 26.2 Å². The third kappa shape index (κ3) is 6.17. The van der Waals surface area contributed by atoms with Gasteiger partial charge in [0.05, 0.1) is 6.10 Å². The van der Waals surface area contributed by atoms with Crippen LogP contribution in [-0.2, 0) is 24.1 Å². The van der Waals surface area contributed by atoms with Crippen LogP contribution in [0.25, 0.3) is 0 Å². The monoisotopic (exact) mass is 404 g/mol. The van der Waals surface area contributed by atoms with Gasteiger partial charge in [0.15, 0.2) is 5.96 Å². The lowest BCUT2D eigenvalue weighted by atomic mass is 9.78. The molecule has 164 valence electrons. The van der Waals surface area contributed by atoms with Crippen LogP contribution in [-0.4, -0.2) is 53.1 Å². The number of rotatable bonds is 6. The van der Waals surface area contributed by atoms with Gasteiger partial charge in [0.2, 0.25) is 0 Å². The van der Waals surface area contributed by atoms with E-state index in [-0.39, 0.29) is 11.5 Å². The van der Waals surface area contributed by atoms with E-state index in [1.54, 1.807) is 0 Å². The van der Waals surface area contributed by atoms with Crippen LogP contribution in [0.5, 0.6) is 0 Å². The van der Waals surface area contributed by atoms with Gasteiger partial charge in [-0.15, -0.1) is 10.2 Å². The van der Waals surface area contributed by atoms with Crippen molar-refractivity contribution in [2.24, 2.45) is 16.3 Å². The highest BCUT2D eigenvalue weighted by Gasteiger charge is 2.35. The van der Waals surface area contributed by atoms with E-state index >= 15 is 0 Å². The topological polar surface area (TPSA) is 76.4 Å². The van der Waals surface area contributed by atoms with Gasteiger partial charge in [0.1, 0.15) is 11.6 Å². The van der Waals surface area contributed by atoms with Crippen molar-refractivity contribution in [3.05, 3.63) is 11.6 Å². The Bertz CT molecular complexity index is 663. The minimum Gasteiger partial charge on any atom is -0.377 e. The summed E-state index contributed by atoms with van der Waals surface area (Å²) in [5, 5.41) is 15.7. The lowest BCUT2D eigenvalue weighted by Gasteiger charge is -2.39. The van der Waals surface area contributed by atoms with Gasteiger partial charge in [0.25, 0.3) is 0 Å². The van der Waals surface area contributed by atoms with Crippen molar-refractivity contribution in [1.29, 1.82) is 0 Å². The molecule has 1 saturated heterocycles. The molecule has 0 aliphatic carbocycles. The van der Waals surface area contributed by atoms with E-state index < -0.39 is 0 Å². The second-order valence-corrected chi connectivity index (χ2v) is 9.45. The number of nitrogens with one attached hydrogen (secondary N) is 2. The van der Waals surface area contributed by atoms with E-state index in [9.17, 15) is 0 Å². The molecular formula is C22H40N6O. The Morgan fingerprint density at radius 3 is 2.83 bits per heavy atom. The number of guanidine groups is 1. The largest absolute Gasteiger partial charge is 0.377 e. The molecule has 1 fully saturated rings. The summed E-state index contributed by atoms with van der Waals surface area (Å²) >= 11 is 0. The van der Waals surface area contributed by atoms with Gasteiger partial charge in [0, 0.05) is 51.5 Å². The Morgan fingerprint density at radius 2 is 2.03 bits per heavy atom. The van der Waals surface area contributed by atoms with Gasteiger partial charge in [-0.25, -0.2) is 0 Å². The molecule has 2 aliphatic heterocycles. The number of hydrogen-bond acceptors (Lipinski definition) is 4. The molecule has 2 aliphatic rings. The standard InChI is InChI=1S/C22H40N6O/c1-5-23-21(25-16-17-10-9-15-29-20(17)22(2,3)4)24-13-12-19-27-26-18-11-7-6-8-14-28(18)19/h17,20H,5-16H2,1-4H3,(H2,23,24,25). The molecule has 0 saturated carbocycles. The van der Waals surface area contributed by atoms with Crippen LogP contribution in [0.3, 0.4) is 0 Å². The van der Waals surface area contributed by atoms with E-state index in [0.717, 1.165) is 69.7 Å². The molecule has 0 aromatic carbocycles. The minimum absolute atomic E-state index is 0.151. The second kappa shape index (κ2) is 10.4. The van der Waals surface area contributed by atoms with Crippen LogP contribution < -0.4 is 10.6 Å². The van der Waals surface area contributed by atoms with Gasteiger partial charge >= 0.3 is 0 Å². The first kappa shape index (κ1) is 22.1. The van der Waals surface area contributed by atoms with E-state index in [4.69, 9.17) is 9.73 Å². The average molecular weight is 405 g/mol. The van der Waals surface area contributed by atoms with Crippen LogP contribution in [0.4, 0.5) is 0 Å². The fourth-order valence-corrected chi connectivity index (χ4v) is 4.56. The number of aromatic nitrogens is 3. The Balaban J connectivity index is 1.55. The zero-order chi connectivity index (χ0) is 20.7. The third-order valence-corrected chi connectivity index (χ3v) is 5.95. The molecule has 3 rings (SSSR count). The van der Waals surface area contributed by atoms with Gasteiger partial charge < -0.3 is 19.9 Å². The highest BCUT2D eigenvalue weighted by atomic mass is 16.5. The van der Waals surface area contributed by atoms with Crippen molar-refractivity contribution >= 4 is 5.96 Å². The summed E-state index contributed by atoms with van der Waals surface area (Å²) in [7, 11) is 0. The maximum atomic E-state index is 6.11. The van der Waals surface area contributed by atoms with Gasteiger partial charge in [-0.2, -0.15) is 0 Å². The molecule has 1 aromatic rings. The molecule has 0 radical (unpaired) electrons. The number of aryl methyl sites for hydroxylation is 1. The van der Waals surface area contributed by atoms with Crippen LogP contribution in [0.15, 0.2) is 4.99 Å². The smallest absolute Gasteiger partial charge is 0.191 e. The Hall–Kier alpha value is -1.63. The predicted octanol–water partition coefficient (Wildman–Crippen LogP) is 2.94. The summed E-state index contributed by atoms with van der Waals surface area (Å²) in [6, 6.07) is 0. The SMILES string of the molecule is CCNC(=NCC1CCCOC1C(C)(C)C)NCCc1nnc2n1CCCCC2. The number of fused-ring (bicyclic) bond motifs is 1. The Kier molecular flexibility index (Phi) is 7.92. The van der Waals surface area contributed by atoms with Crippen LogP contribution >= 0.6 is 0 Å². The molecule has 2 atom stereocenters. The molecule has 3 heterocycles. The third-order valence-electron chi connectivity index (χ3n) is 5.95. The first-order chi connectivity index (χ1) is 14.0. The average Bonchev–Trinajstić information content (AvgIpc) is 2.92. The quantitative estimate of drug-likeness (QED) is 0.563. The summed E-state index contributed by atoms with van der Waals surface area (Å²) in [5.74, 6) is 3.62. The Labute approximate surface area is 176 Å². The molecule has 2 N–H and O–H groups in total. The first-order valence-corrected chi connectivity index (χ1v) is 11.5. The number of nitrogens with zero attached hydrogens (tertiary/aromatic N) is 4. The molecule has 1 aromatic heterocycles. The number of ether oxygens (including phenoxy) is 1. The van der Waals surface area contributed by atoms with E-state index in [2.05, 4.69) is 53.1 Å². The van der Waals surface area contributed by atoms with Crippen LogP contribution in [0.2, 0.25) is 0 Å². The molecule has 7 heteroatoms. The van der Waals surface area contributed by atoms with E-state index in [1.807, 2.05) is 0 Å². The fourth-order valence-electron chi connectivity index (χ4n) is 4.56. The van der Waals surface area contributed by atoms with Gasteiger partial charge in [-0.05, 0) is 38.0 Å². The summed E-state index contributed by atoms with van der Waals surface area (Å²) in [4.78, 5) is 4.89. The van der Waals surface area contributed by atoms with Crippen molar-refractivity contribution in [2.45, 2.75) is 85.3 Å². The molecule has 2 unspecified atom stereocenters. The summed E-state index contributed by atoms with van der Waals surface area (Å²) in [6.07, 6.45) is 8.28. The van der Waals surface area contributed by atoms with Crippen LogP contribution in [0.1, 0.15) is 71.4 Å². The fraction of sp³-hybridized carbons (Fsp3) is 0.864. The number of hydrogen-bond donors (Lipinski definition) is 2. The van der Waals surface area contributed by atoms with Crippen molar-refractivity contribution in [1.82, 2.24) is 25.4 Å². The number of aliphatic imine (C=N–C) groups is 1. The first-order valence-electron chi connectivity index (χ1n) is 11.5. The van der Waals surface area contributed by atoms with Crippen LogP contribution in [0, 0.1) is 11.3 Å². The van der Waals surface area contributed by atoms with Crippen molar-refractivity contribution in [3.8, 4) is 0 Å². The normalized spacial score (nSPS) is 23.4. The van der Waals surface area contributed by atoms with Crippen molar-refractivity contribution < 1.29 is 4.74 Å². The second-order valence-electron chi connectivity index (χ2n) is 9.45. The lowest BCUT2D eigenvalue weighted by molar-refractivity contribution is -0.0823. The molecule has 0 bridgehead atoms.